The van der Waals surface area contributed by atoms with Gasteiger partial charge in [0, 0.05) is 32.7 Å². The second kappa shape index (κ2) is 9.49. The highest BCUT2D eigenvalue weighted by molar-refractivity contribution is 5.92. The Balaban J connectivity index is 1.39. The normalized spacial score (nSPS) is 25.8. The van der Waals surface area contributed by atoms with Crippen LogP contribution in [0.3, 0.4) is 0 Å². The van der Waals surface area contributed by atoms with Crippen molar-refractivity contribution < 1.29 is 24.3 Å². The minimum Gasteiger partial charge on any atom is -0.445 e. The van der Waals surface area contributed by atoms with Gasteiger partial charge >= 0.3 is 6.09 Å². The lowest BCUT2D eigenvalue weighted by atomic mass is 9.87. The molecule has 9 heteroatoms. The summed E-state index contributed by atoms with van der Waals surface area (Å²) in [7, 11) is 0. The van der Waals surface area contributed by atoms with E-state index in [2.05, 4.69) is 5.32 Å². The zero-order valence-corrected chi connectivity index (χ0v) is 17.3. The molecule has 9 nitrogen and oxygen atoms in total. The van der Waals surface area contributed by atoms with E-state index < -0.39 is 30.1 Å². The minimum absolute atomic E-state index is 0.169. The van der Waals surface area contributed by atoms with E-state index in [1.807, 2.05) is 36.4 Å². The van der Waals surface area contributed by atoms with Crippen LogP contribution < -0.4 is 10.8 Å². The Kier molecular flexibility index (Phi) is 6.53. The van der Waals surface area contributed by atoms with Crippen LogP contribution in [0.2, 0.25) is 0 Å². The van der Waals surface area contributed by atoms with Crippen LogP contribution in [-0.4, -0.2) is 77.8 Å². The molecule has 0 aliphatic carbocycles. The first-order valence-corrected chi connectivity index (χ1v) is 10.7. The van der Waals surface area contributed by atoms with Crippen LogP contribution in [0.1, 0.15) is 24.8 Å². The number of rotatable bonds is 4. The van der Waals surface area contributed by atoms with Crippen molar-refractivity contribution in [2.75, 3.05) is 32.7 Å². The van der Waals surface area contributed by atoms with Gasteiger partial charge in [-0.25, -0.2) is 10.3 Å². The number of hydrogen-bond donors (Lipinski definition) is 3. The summed E-state index contributed by atoms with van der Waals surface area (Å²) in [5.41, 5.74) is 3.78. The number of hydroxylamine groups is 1. The number of nitrogens with one attached hydrogen (secondary N) is 2. The van der Waals surface area contributed by atoms with Crippen molar-refractivity contribution in [3.8, 4) is 0 Å². The van der Waals surface area contributed by atoms with Gasteiger partial charge < -0.3 is 19.9 Å². The highest BCUT2D eigenvalue weighted by Crippen LogP contribution is 2.26. The van der Waals surface area contributed by atoms with Crippen molar-refractivity contribution in [3.05, 3.63) is 42.0 Å². The van der Waals surface area contributed by atoms with Crippen molar-refractivity contribution in [2.45, 2.75) is 31.4 Å². The van der Waals surface area contributed by atoms with Gasteiger partial charge in [0.25, 0.3) is 0 Å². The topological polar surface area (TPSA) is 111 Å². The van der Waals surface area contributed by atoms with Crippen molar-refractivity contribution in [1.82, 2.24) is 20.6 Å². The fraction of sp³-hybridized carbons (Fsp3) is 0.500. The Hall–Kier alpha value is -2.91. The number of benzene rings is 1. The van der Waals surface area contributed by atoms with Gasteiger partial charge in [-0.05, 0) is 30.4 Å². The predicted octanol–water partition coefficient (Wildman–Crippen LogP) is 0.997. The number of amides is 3. The van der Waals surface area contributed by atoms with Crippen molar-refractivity contribution >= 4 is 23.5 Å². The molecule has 3 N–H and O–H groups in total. The Morgan fingerprint density at radius 3 is 2.55 bits per heavy atom. The third-order valence-corrected chi connectivity index (χ3v) is 6.20. The van der Waals surface area contributed by atoms with E-state index in [0.717, 1.165) is 24.0 Å². The van der Waals surface area contributed by atoms with Gasteiger partial charge in [0.1, 0.15) is 6.10 Å². The number of ether oxygens (including phenoxy) is 1. The first-order valence-electron chi connectivity index (χ1n) is 10.7. The van der Waals surface area contributed by atoms with Crippen LogP contribution in [0.4, 0.5) is 4.79 Å². The average molecular weight is 428 g/mol. The predicted molar refractivity (Wildman–Crippen MR) is 112 cm³/mol. The summed E-state index contributed by atoms with van der Waals surface area (Å²) < 4.78 is 5.56. The third-order valence-electron chi connectivity index (χ3n) is 6.20. The maximum atomic E-state index is 13.2. The van der Waals surface area contributed by atoms with E-state index in [-0.39, 0.29) is 18.9 Å². The number of carbonyl (C=O) groups excluding carboxylic acids is 3. The maximum absolute atomic E-state index is 13.2. The molecule has 3 aliphatic heterocycles. The first-order chi connectivity index (χ1) is 15.1. The molecular weight excluding hydrogens is 400 g/mol. The summed E-state index contributed by atoms with van der Waals surface area (Å²) in [5, 5.41) is 12.3. The lowest BCUT2D eigenvalue weighted by molar-refractivity contribution is -0.144. The second-order valence-corrected chi connectivity index (χ2v) is 8.22. The quantitative estimate of drug-likeness (QED) is 0.487. The van der Waals surface area contributed by atoms with E-state index in [1.165, 1.54) is 0 Å². The standard InChI is InChI=1S/C22H28N4O5/c27-20(24-30)18-12-17(31-22(29)25-9-4-5-10-25)13-23-19(18)21(28)26-11-8-16(14-26)15-6-2-1-3-7-15/h1-3,6-8,17-19,23,30H,4-5,9-14H2,(H,24,27)/t17?,18-,19-/m0/s1. The highest BCUT2D eigenvalue weighted by atomic mass is 16.6. The van der Waals surface area contributed by atoms with E-state index in [4.69, 9.17) is 4.74 Å². The lowest BCUT2D eigenvalue weighted by Crippen LogP contribution is -2.60. The number of piperidine rings is 1. The van der Waals surface area contributed by atoms with E-state index in [0.29, 0.717) is 26.2 Å². The van der Waals surface area contributed by atoms with Crippen LogP contribution >= 0.6 is 0 Å². The van der Waals surface area contributed by atoms with Gasteiger partial charge in [-0.1, -0.05) is 36.4 Å². The molecular formula is C22H28N4O5. The van der Waals surface area contributed by atoms with E-state index in [1.54, 1.807) is 15.3 Å². The van der Waals surface area contributed by atoms with Crippen molar-refractivity contribution in [2.24, 2.45) is 5.92 Å². The second-order valence-electron chi connectivity index (χ2n) is 8.22. The summed E-state index contributed by atoms with van der Waals surface area (Å²) in [6.45, 7) is 2.54. The molecule has 0 aromatic heterocycles. The molecule has 2 saturated heterocycles. The van der Waals surface area contributed by atoms with Crippen molar-refractivity contribution in [3.63, 3.8) is 0 Å². The molecule has 2 fully saturated rings. The number of carbonyl (C=O) groups is 3. The van der Waals surface area contributed by atoms with Gasteiger partial charge in [0.2, 0.25) is 11.8 Å². The zero-order chi connectivity index (χ0) is 21.8. The highest BCUT2D eigenvalue weighted by Gasteiger charge is 2.43. The summed E-state index contributed by atoms with van der Waals surface area (Å²) in [6, 6.07) is 9.06. The molecule has 3 amide bonds. The molecule has 1 unspecified atom stereocenters. The first kappa shape index (κ1) is 21.3. The Bertz CT molecular complexity index is 853. The molecule has 31 heavy (non-hydrogen) atoms. The molecule has 0 radical (unpaired) electrons. The Labute approximate surface area is 181 Å². The van der Waals surface area contributed by atoms with Gasteiger partial charge in [-0.15, -0.1) is 0 Å². The van der Waals surface area contributed by atoms with E-state index >= 15 is 0 Å². The smallest absolute Gasteiger partial charge is 0.410 e. The summed E-state index contributed by atoms with van der Waals surface area (Å²) in [6.07, 6.45) is 3.15. The minimum atomic E-state index is -0.844. The Morgan fingerprint density at radius 1 is 1.10 bits per heavy atom. The molecule has 0 spiro atoms. The van der Waals surface area contributed by atoms with Gasteiger partial charge in [0.15, 0.2) is 0 Å². The summed E-state index contributed by atoms with van der Waals surface area (Å²) in [4.78, 5) is 41.2. The van der Waals surface area contributed by atoms with Gasteiger partial charge in [-0.2, -0.15) is 0 Å². The fourth-order valence-electron chi connectivity index (χ4n) is 4.49. The zero-order valence-electron chi connectivity index (χ0n) is 17.3. The molecule has 0 bridgehead atoms. The largest absolute Gasteiger partial charge is 0.445 e. The molecule has 1 aromatic rings. The van der Waals surface area contributed by atoms with Gasteiger partial charge in [-0.3, -0.25) is 14.8 Å². The Morgan fingerprint density at radius 2 is 1.84 bits per heavy atom. The number of likely N-dealkylation sites (tertiary alicyclic amines) is 1. The van der Waals surface area contributed by atoms with Crippen LogP contribution in [0, 0.1) is 5.92 Å². The molecule has 166 valence electrons. The van der Waals surface area contributed by atoms with Crippen LogP contribution in [0.25, 0.3) is 5.57 Å². The van der Waals surface area contributed by atoms with Crippen LogP contribution in [0.5, 0.6) is 0 Å². The van der Waals surface area contributed by atoms with Crippen molar-refractivity contribution in [1.29, 1.82) is 0 Å². The number of nitrogens with zero attached hydrogens (tertiary/aromatic N) is 2. The monoisotopic (exact) mass is 428 g/mol. The molecule has 3 atom stereocenters. The van der Waals surface area contributed by atoms with Crippen LogP contribution in [-0.2, 0) is 14.3 Å². The molecule has 0 saturated carbocycles. The van der Waals surface area contributed by atoms with Gasteiger partial charge in [0.05, 0.1) is 12.0 Å². The summed E-state index contributed by atoms with van der Waals surface area (Å²) >= 11 is 0. The van der Waals surface area contributed by atoms with E-state index in [9.17, 15) is 19.6 Å². The molecule has 3 heterocycles. The maximum Gasteiger partial charge on any atom is 0.410 e. The molecule has 3 aliphatic rings. The SMILES string of the molecule is O=C(NO)[C@H]1CC(OC(=O)N2CCCC2)CN[C@@H]1C(=O)N1CC=C(c2ccccc2)C1. The average Bonchev–Trinajstić information content (AvgIpc) is 3.51. The molecule has 1 aromatic carbocycles. The molecule has 4 rings (SSSR count). The lowest BCUT2D eigenvalue weighted by Gasteiger charge is -2.36. The third kappa shape index (κ3) is 4.72. The summed E-state index contributed by atoms with van der Waals surface area (Å²) in [5.74, 6) is -1.72. The fourth-order valence-corrected chi connectivity index (χ4v) is 4.49. The number of hydrogen-bond acceptors (Lipinski definition) is 6. The van der Waals surface area contributed by atoms with Crippen LogP contribution in [0.15, 0.2) is 36.4 Å².